The molecule has 0 saturated heterocycles. The van der Waals surface area contributed by atoms with Crippen molar-refractivity contribution >= 4 is 5.94 Å². The van der Waals surface area contributed by atoms with Crippen LogP contribution >= 0.6 is 0 Å². The number of hydrogen-bond acceptors (Lipinski definition) is 2. The zero-order valence-corrected chi connectivity index (χ0v) is 8.33. The molecule has 0 rings (SSSR count). The standard InChI is InChI=1S/C9H18NO2/c1-9(5-7-11)12-8-6-10(2,3)4/h5,9H,6,8H2,1-4H3/q+1. The van der Waals surface area contributed by atoms with E-state index in [4.69, 9.17) is 4.74 Å². The Morgan fingerprint density at radius 3 is 2.50 bits per heavy atom. The number of ether oxygens (including phenoxy) is 1. The van der Waals surface area contributed by atoms with Crippen molar-refractivity contribution in [2.24, 2.45) is 0 Å². The lowest BCUT2D eigenvalue weighted by Crippen LogP contribution is -2.38. The van der Waals surface area contributed by atoms with Gasteiger partial charge in [0.05, 0.1) is 33.9 Å². The second-order valence-electron chi connectivity index (χ2n) is 3.87. The molecule has 0 radical (unpaired) electrons. The Morgan fingerprint density at radius 2 is 2.08 bits per heavy atom. The quantitative estimate of drug-likeness (QED) is 0.445. The average Bonchev–Trinajstić information content (AvgIpc) is 1.84. The van der Waals surface area contributed by atoms with Crippen LogP contribution in [0.1, 0.15) is 6.92 Å². The van der Waals surface area contributed by atoms with Crippen molar-refractivity contribution < 1.29 is 14.0 Å². The molecule has 0 saturated carbocycles. The zero-order chi connectivity index (χ0) is 9.61. The van der Waals surface area contributed by atoms with Gasteiger partial charge in [-0.05, 0) is 6.92 Å². The maximum Gasteiger partial charge on any atom is 0.122 e. The van der Waals surface area contributed by atoms with Crippen molar-refractivity contribution in [3.05, 3.63) is 6.08 Å². The first-order valence-electron chi connectivity index (χ1n) is 4.09. The lowest BCUT2D eigenvalue weighted by atomic mass is 10.4. The Morgan fingerprint density at radius 1 is 1.50 bits per heavy atom. The SMILES string of the molecule is CC(C=C=O)OCC[N+](C)(C)C. The van der Waals surface area contributed by atoms with Crippen LogP contribution in [-0.2, 0) is 9.53 Å². The van der Waals surface area contributed by atoms with E-state index in [1.807, 2.05) is 6.92 Å². The van der Waals surface area contributed by atoms with Gasteiger partial charge < -0.3 is 9.22 Å². The summed E-state index contributed by atoms with van der Waals surface area (Å²) in [5, 5.41) is 0. The van der Waals surface area contributed by atoms with Crippen molar-refractivity contribution in [3.8, 4) is 0 Å². The molecule has 0 aliphatic rings. The number of rotatable bonds is 5. The normalized spacial score (nSPS) is 13.7. The first-order valence-corrected chi connectivity index (χ1v) is 4.09. The molecule has 12 heavy (non-hydrogen) atoms. The van der Waals surface area contributed by atoms with Crippen molar-refractivity contribution in [1.82, 2.24) is 0 Å². The van der Waals surface area contributed by atoms with E-state index in [2.05, 4.69) is 21.1 Å². The van der Waals surface area contributed by atoms with Crippen LogP contribution in [0.2, 0.25) is 0 Å². The van der Waals surface area contributed by atoms with E-state index >= 15 is 0 Å². The highest BCUT2D eigenvalue weighted by Gasteiger charge is 2.06. The lowest BCUT2D eigenvalue weighted by Gasteiger charge is -2.24. The molecule has 0 aliphatic carbocycles. The van der Waals surface area contributed by atoms with Gasteiger partial charge in [0, 0.05) is 6.08 Å². The molecule has 0 heterocycles. The van der Waals surface area contributed by atoms with Gasteiger partial charge in [0.2, 0.25) is 0 Å². The highest BCUT2D eigenvalue weighted by molar-refractivity contribution is 5.45. The summed E-state index contributed by atoms with van der Waals surface area (Å²) in [6.07, 6.45) is 1.27. The smallest absolute Gasteiger partial charge is 0.122 e. The summed E-state index contributed by atoms with van der Waals surface area (Å²) >= 11 is 0. The Kier molecular flexibility index (Phi) is 4.83. The Labute approximate surface area is 74.2 Å². The van der Waals surface area contributed by atoms with E-state index < -0.39 is 0 Å². The predicted molar refractivity (Wildman–Crippen MR) is 48.6 cm³/mol. The van der Waals surface area contributed by atoms with Crippen LogP contribution in [-0.4, -0.2) is 50.8 Å². The molecule has 0 fully saturated rings. The third kappa shape index (κ3) is 7.48. The van der Waals surface area contributed by atoms with Crippen molar-refractivity contribution in [2.75, 3.05) is 34.3 Å². The maximum absolute atomic E-state index is 9.91. The fourth-order valence-corrected chi connectivity index (χ4v) is 0.656. The van der Waals surface area contributed by atoms with Crippen LogP contribution in [0.3, 0.4) is 0 Å². The number of likely N-dealkylation sites (N-methyl/N-ethyl adjacent to an activating group) is 1. The van der Waals surface area contributed by atoms with Crippen molar-refractivity contribution in [3.63, 3.8) is 0 Å². The van der Waals surface area contributed by atoms with E-state index in [0.29, 0.717) is 6.61 Å². The van der Waals surface area contributed by atoms with Crippen LogP contribution in [0.4, 0.5) is 0 Å². The molecular weight excluding hydrogens is 154 g/mol. The predicted octanol–water partition coefficient (Wildman–Crippen LogP) is 0.486. The summed E-state index contributed by atoms with van der Waals surface area (Å²) in [6, 6.07) is 0. The van der Waals surface area contributed by atoms with Gasteiger partial charge >= 0.3 is 0 Å². The van der Waals surface area contributed by atoms with Crippen molar-refractivity contribution in [1.29, 1.82) is 0 Å². The molecule has 0 aromatic carbocycles. The summed E-state index contributed by atoms with van der Waals surface area (Å²) in [5.41, 5.74) is 0. The molecule has 1 unspecified atom stereocenters. The second-order valence-corrected chi connectivity index (χ2v) is 3.87. The minimum absolute atomic E-state index is 0.117. The topological polar surface area (TPSA) is 26.3 Å². The first-order chi connectivity index (χ1) is 5.45. The zero-order valence-electron chi connectivity index (χ0n) is 8.33. The Balaban J connectivity index is 3.50. The largest absolute Gasteiger partial charge is 0.368 e. The van der Waals surface area contributed by atoms with E-state index in [1.165, 1.54) is 6.08 Å². The monoisotopic (exact) mass is 172 g/mol. The highest BCUT2D eigenvalue weighted by atomic mass is 16.5. The van der Waals surface area contributed by atoms with E-state index in [9.17, 15) is 4.79 Å². The fraction of sp³-hybridized carbons (Fsp3) is 0.778. The molecule has 3 heteroatoms. The summed E-state index contributed by atoms with van der Waals surface area (Å²) in [7, 11) is 6.30. The first kappa shape index (κ1) is 11.4. The van der Waals surface area contributed by atoms with Gasteiger partial charge in [0.1, 0.15) is 12.5 Å². The molecular formula is C9H18NO2+. The molecule has 0 aromatic heterocycles. The molecule has 0 N–H and O–H groups in total. The number of quaternary nitrogens is 1. The Hall–Kier alpha value is -0.630. The second kappa shape index (κ2) is 5.09. The molecule has 3 nitrogen and oxygen atoms in total. The number of carbonyl (C=O) groups excluding carboxylic acids is 1. The third-order valence-electron chi connectivity index (χ3n) is 1.45. The molecule has 0 amide bonds. The molecule has 1 atom stereocenters. The summed E-state index contributed by atoms with van der Waals surface area (Å²) in [5.74, 6) is 1.71. The molecule has 0 aliphatic heterocycles. The summed E-state index contributed by atoms with van der Waals surface area (Å²) < 4.78 is 6.20. The van der Waals surface area contributed by atoms with Gasteiger partial charge in [0.25, 0.3) is 0 Å². The van der Waals surface area contributed by atoms with Crippen LogP contribution in [0.25, 0.3) is 0 Å². The fourth-order valence-electron chi connectivity index (χ4n) is 0.656. The van der Waals surface area contributed by atoms with Gasteiger partial charge in [0.15, 0.2) is 0 Å². The molecule has 0 bridgehead atoms. The van der Waals surface area contributed by atoms with E-state index in [0.717, 1.165) is 11.0 Å². The Bertz CT molecular complexity index is 166. The highest BCUT2D eigenvalue weighted by Crippen LogP contribution is 1.94. The van der Waals surface area contributed by atoms with Gasteiger partial charge in [-0.15, -0.1) is 0 Å². The van der Waals surface area contributed by atoms with E-state index in [1.54, 1.807) is 5.94 Å². The van der Waals surface area contributed by atoms with Gasteiger partial charge in [-0.25, -0.2) is 4.79 Å². The summed E-state index contributed by atoms with van der Waals surface area (Å²) in [4.78, 5) is 9.91. The lowest BCUT2D eigenvalue weighted by molar-refractivity contribution is -0.870. The molecule has 0 aromatic rings. The van der Waals surface area contributed by atoms with Gasteiger partial charge in [-0.3, -0.25) is 0 Å². The third-order valence-corrected chi connectivity index (χ3v) is 1.45. The van der Waals surface area contributed by atoms with Crippen LogP contribution in [0, 0.1) is 0 Å². The van der Waals surface area contributed by atoms with E-state index in [-0.39, 0.29) is 6.10 Å². The van der Waals surface area contributed by atoms with Crippen molar-refractivity contribution in [2.45, 2.75) is 13.0 Å². The minimum atomic E-state index is -0.117. The molecule has 0 spiro atoms. The number of nitrogens with zero attached hydrogens (tertiary/aromatic N) is 1. The van der Waals surface area contributed by atoms with Gasteiger partial charge in [-0.1, -0.05) is 0 Å². The minimum Gasteiger partial charge on any atom is -0.368 e. The van der Waals surface area contributed by atoms with Gasteiger partial charge in [-0.2, -0.15) is 0 Å². The summed E-state index contributed by atoms with van der Waals surface area (Å²) in [6.45, 7) is 3.44. The number of hydrogen-bond donors (Lipinski definition) is 0. The average molecular weight is 172 g/mol. The van der Waals surface area contributed by atoms with Crippen LogP contribution in [0.5, 0.6) is 0 Å². The van der Waals surface area contributed by atoms with Crippen LogP contribution < -0.4 is 0 Å². The molecule has 70 valence electrons. The van der Waals surface area contributed by atoms with Crippen LogP contribution in [0.15, 0.2) is 6.08 Å². The maximum atomic E-state index is 9.91.